The van der Waals surface area contributed by atoms with E-state index in [9.17, 15) is 9.36 Å². The van der Waals surface area contributed by atoms with Crippen molar-refractivity contribution in [3.63, 3.8) is 0 Å². The molecule has 1 unspecified atom stereocenters. The number of carbonyl (C=O) groups is 1. The van der Waals surface area contributed by atoms with Crippen molar-refractivity contribution in [2.75, 3.05) is 0 Å². The third-order valence-corrected chi connectivity index (χ3v) is 10.9. The summed E-state index contributed by atoms with van der Waals surface area (Å²) in [6, 6.07) is 0. The molecule has 9 atom stereocenters. The molecule has 4 aliphatic rings. The van der Waals surface area contributed by atoms with Crippen LogP contribution >= 0.6 is 8.46 Å². The molecule has 4 aliphatic carbocycles. The van der Waals surface area contributed by atoms with Gasteiger partial charge in [0.25, 0.3) is 0 Å². The fourth-order valence-corrected chi connectivity index (χ4v) is 9.21. The first-order chi connectivity index (χ1) is 12.9. The van der Waals surface area contributed by atoms with Gasteiger partial charge in [-0.15, -0.1) is 0 Å². The minimum Gasteiger partial charge on any atom is -0.299 e. The van der Waals surface area contributed by atoms with Crippen LogP contribution in [-0.2, 0) is 9.36 Å². The van der Waals surface area contributed by atoms with Gasteiger partial charge in [-0.1, -0.05) is 40.5 Å². The van der Waals surface area contributed by atoms with E-state index in [4.69, 9.17) is 0 Å². The van der Waals surface area contributed by atoms with E-state index in [1.165, 1.54) is 44.9 Å². The van der Waals surface area contributed by atoms with E-state index >= 15 is 0 Å². The molecule has 0 spiro atoms. The Hall–Kier alpha value is -0.230. The molecule has 0 aromatic rings. The largest absolute Gasteiger partial charge is 0.299 e. The molecule has 0 radical (unpaired) electrons. The van der Waals surface area contributed by atoms with Crippen LogP contribution in [-0.4, -0.2) is 11.4 Å². The van der Waals surface area contributed by atoms with Crippen molar-refractivity contribution < 1.29 is 9.36 Å². The van der Waals surface area contributed by atoms with E-state index in [1.807, 2.05) is 0 Å². The molecule has 2 nitrogen and oxygen atoms in total. The van der Waals surface area contributed by atoms with Gasteiger partial charge in [0.1, 0.15) is 5.78 Å². The highest BCUT2D eigenvalue weighted by molar-refractivity contribution is 7.24. The average molecular weight is 391 g/mol. The first-order valence-corrected chi connectivity index (χ1v) is 12.6. The Kier molecular flexibility index (Phi) is 5.37. The van der Waals surface area contributed by atoms with Gasteiger partial charge < -0.3 is 0 Å². The SMILES string of the molecule is CCC[C@@H](C)C1CC[C@H]2[C@@H]3CC[C@@H]4C[C@H](P=O)CC[C@]4(C)[C@H]3CC(=O)[C@]12C. The third kappa shape index (κ3) is 2.91. The monoisotopic (exact) mass is 390 g/mol. The van der Waals surface area contributed by atoms with Crippen LogP contribution in [0.5, 0.6) is 0 Å². The molecule has 0 aliphatic heterocycles. The summed E-state index contributed by atoms with van der Waals surface area (Å²) < 4.78 is 11.5. The first kappa shape index (κ1) is 20.1. The molecule has 0 aromatic heterocycles. The number of fused-ring (bicyclic) bond motifs is 5. The minimum atomic E-state index is -0.0518. The number of ketones is 1. The summed E-state index contributed by atoms with van der Waals surface area (Å²) in [6.45, 7) is 9.54. The van der Waals surface area contributed by atoms with Gasteiger partial charge in [-0.25, -0.2) is 0 Å². The molecule has 0 aromatic carbocycles. The Balaban J connectivity index is 1.61. The first-order valence-electron chi connectivity index (χ1n) is 11.7. The summed E-state index contributed by atoms with van der Waals surface area (Å²) >= 11 is 0. The average Bonchev–Trinajstić information content (AvgIpc) is 3.01. The van der Waals surface area contributed by atoms with Crippen molar-refractivity contribution in [3.05, 3.63) is 0 Å². The molecule has 0 N–H and O–H groups in total. The van der Waals surface area contributed by atoms with Gasteiger partial charge in [0.05, 0.1) is 0 Å². The van der Waals surface area contributed by atoms with Crippen LogP contribution in [0, 0.1) is 46.3 Å². The van der Waals surface area contributed by atoms with Crippen LogP contribution in [0.1, 0.15) is 91.9 Å². The zero-order valence-corrected chi connectivity index (χ0v) is 18.8. The predicted octanol–water partition coefficient (Wildman–Crippen LogP) is 6.92. The van der Waals surface area contributed by atoms with Crippen LogP contribution in [0.3, 0.4) is 0 Å². The van der Waals surface area contributed by atoms with Gasteiger partial charge in [0.15, 0.2) is 8.46 Å². The molecule has 4 rings (SSSR count). The van der Waals surface area contributed by atoms with Gasteiger partial charge in [-0.2, -0.15) is 0 Å². The Morgan fingerprint density at radius 1 is 1.11 bits per heavy atom. The van der Waals surface area contributed by atoms with Gasteiger partial charge in [0, 0.05) is 17.5 Å². The number of rotatable bonds is 4. The Morgan fingerprint density at radius 2 is 1.89 bits per heavy atom. The molecule has 4 fully saturated rings. The lowest BCUT2D eigenvalue weighted by atomic mass is 9.44. The zero-order chi connectivity index (χ0) is 19.4. The molecular formula is C24H39O2P. The van der Waals surface area contributed by atoms with Gasteiger partial charge in [0.2, 0.25) is 0 Å². The van der Waals surface area contributed by atoms with Crippen molar-refractivity contribution >= 4 is 14.2 Å². The number of hydrogen-bond donors (Lipinski definition) is 0. The lowest BCUT2D eigenvalue weighted by Gasteiger charge is -2.60. The van der Waals surface area contributed by atoms with Crippen LogP contribution in [0.2, 0.25) is 0 Å². The van der Waals surface area contributed by atoms with Gasteiger partial charge in [-0.05, 0) is 85.9 Å². The van der Waals surface area contributed by atoms with E-state index in [2.05, 4.69) is 27.7 Å². The van der Waals surface area contributed by atoms with Gasteiger partial charge >= 0.3 is 0 Å². The third-order valence-electron chi connectivity index (χ3n) is 10.1. The second-order valence-electron chi connectivity index (χ2n) is 11.1. The molecule has 4 saturated carbocycles. The summed E-state index contributed by atoms with van der Waals surface area (Å²) in [5, 5.41) is 0. The van der Waals surface area contributed by atoms with Crippen molar-refractivity contribution in [2.24, 2.45) is 46.3 Å². The zero-order valence-electron chi connectivity index (χ0n) is 17.9. The lowest BCUT2D eigenvalue weighted by molar-refractivity contribution is -0.157. The van der Waals surface area contributed by atoms with E-state index in [0.29, 0.717) is 54.9 Å². The van der Waals surface area contributed by atoms with Crippen LogP contribution in [0.25, 0.3) is 0 Å². The molecule has 3 heteroatoms. The topological polar surface area (TPSA) is 34.1 Å². The molecule has 152 valence electrons. The maximum Gasteiger partial charge on any atom is 0.158 e. The molecule has 0 bridgehead atoms. The number of hydrogen-bond acceptors (Lipinski definition) is 2. The van der Waals surface area contributed by atoms with Crippen molar-refractivity contribution in [1.82, 2.24) is 0 Å². The number of carbonyl (C=O) groups excluding carboxylic acids is 1. The van der Waals surface area contributed by atoms with Crippen LogP contribution < -0.4 is 0 Å². The summed E-state index contributed by atoms with van der Waals surface area (Å²) in [5.74, 6) is 4.56. The minimum absolute atomic E-state index is 0.0518. The Labute approximate surface area is 167 Å². The maximum absolute atomic E-state index is 13.7. The van der Waals surface area contributed by atoms with Crippen LogP contribution in [0.4, 0.5) is 0 Å². The van der Waals surface area contributed by atoms with Gasteiger partial charge in [-0.3, -0.25) is 9.36 Å². The molecule has 0 amide bonds. The molecule has 0 heterocycles. The summed E-state index contributed by atoms with van der Waals surface area (Å²) in [5.41, 5.74) is 0.632. The summed E-state index contributed by atoms with van der Waals surface area (Å²) in [6.07, 6.45) is 11.9. The highest BCUT2D eigenvalue weighted by atomic mass is 31.1. The summed E-state index contributed by atoms with van der Waals surface area (Å²) in [4.78, 5) is 13.7. The van der Waals surface area contributed by atoms with E-state index < -0.39 is 0 Å². The maximum atomic E-state index is 13.7. The lowest BCUT2D eigenvalue weighted by Crippen LogP contribution is -2.57. The van der Waals surface area contributed by atoms with Crippen LogP contribution in [0.15, 0.2) is 0 Å². The highest BCUT2D eigenvalue weighted by Crippen LogP contribution is 2.67. The molecule has 0 saturated heterocycles. The van der Waals surface area contributed by atoms with E-state index in [1.54, 1.807) is 0 Å². The second-order valence-corrected chi connectivity index (χ2v) is 12.0. The van der Waals surface area contributed by atoms with Crippen molar-refractivity contribution in [3.8, 4) is 0 Å². The quantitative estimate of drug-likeness (QED) is 0.488. The summed E-state index contributed by atoms with van der Waals surface area (Å²) in [7, 11) is 0.351. The standard InChI is InChI=1S/C24H39O2P/c1-5-6-15(2)19-9-10-20-18-8-7-16-13-17(27-26)11-12-23(16,3)21(18)14-22(25)24(19,20)4/h15-21H,5-14H2,1-4H3/t15-,16-,17-,18+,19?,20+,21+,23+,24-/m1/s1. The smallest absolute Gasteiger partial charge is 0.158 e. The normalized spacial score (nSPS) is 50.7. The molecular weight excluding hydrogens is 351 g/mol. The van der Waals surface area contributed by atoms with Crippen molar-refractivity contribution in [1.29, 1.82) is 0 Å². The second kappa shape index (κ2) is 7.23. The molecule has 27 heavy (non-hydrogen) atoms. The van der Waals surface area contributed by atoms with Crippen molar-refractivity contribution in [2.45, 2.75) is 97.6 Å². The number of Topliss-reactive ketones (excluding diaryl/α,β-unsaturated/α-hetero) is 1. The van der Waals surface area contributed by atoms with E-state index in [0.717, 1.165) is 25.2 Å². The Bertz CT molecular complexity index is 603. The Morgan fingerprint density at radius 3 is 2.59 bits per heavy atom. The van der Waals surface area contributed by atoms with E-state index in [-0.39, 0.29) is 5.41 Å². The fraction of sp³-hybridized carbons (Fsp3) is 0.958. The fourth-order valence-electron chi connectivity index (χ4n) is 8.64. The predicted molar refractivity (Wildman–Crippen MR) is 111 cm³/mol. The highest BCUT2D eigenvalue weighted by Gasteiger charge is 2.63.